The molecular formula is C24H28O7S. The summed E-state index contributed by atoms with van der Waals surface area (Å²) < 4.78 is 15.4. The number of aliphatic hydroxyl groups is 2. The van der Waals surface area contributed by atoms with Crippen molar-refractivity contribution < 1.29 is 34.0 Å². The van der Waals surface area contributed by atoms with Gasteiger partial charge < -0.3 is 24.4 Å². The molecule has 0 bridgehead atoms. The quantitative estimate of drug-likeness (QED) is 0.579. The minimum Gasteiger partial charge on any atom is -0.462 e. The van der Waals surface area contributed by atoms with Crippen molar-refractivity contribution in [3.63, 3.8) is 0 Å². The number of fused-ring (bicyclic) bond motifs is 2. The average molecular weight is 461 g/mol. The van der Waals surface area contributed by atoms with Gasteiger partial charge in [0.25, 0.3) is 0 Å². The minimum absolute atomic E-state index is 0.174. The Balaban J connectivity index is 1.42. The van der Waals surface area contributed by atoms with E-state index in [1.165, 1.54) is 0 Å². The normalized spacial score (nSPS) is 16.0. The van der Waals surface area contributed by atoms with E-state index >= 15 is 0 Å². The molecule has 2 atom stereocenters. The van der Waals surface area contributed by atoms with Gasteiger partial charge in [-0.05, 0) is 55.7 Å². The predicted molar refractivity (Wildman–Crippen MR) is 118 cm³/mol. The molecule has 0 saturated carbocycles. The van der Waals surface area contributed by atoms with Gasteiger partial charge in [0.15, 0.2) is 0 Å². The monoisotopic (exact) mass is 460 g/mol. The molecule has 1 aliphatic heterocycles. The van der Waals surface area contributed by atoms with Gasteiger partial charge in [0.05, 0.1) is 12.0 Å². The summed E-state index contributed by atoms with van der Waals surface area (Å²) in [5.41, 5.74) is 1.84. The van der Waals surface area contributed by atoms with E-state index in [1.807, 2.05) is 42.5 Å². The van der Waals surface area contributed by atoms with Crippen molar-refractivity contribution in [1.29, 1.82) is 0 Å². The van der Waals surface area contributed by atoms with Crippen LogP contribution in [0.15, 0.2) is 52.3 Å². The lowest BCUT2D eigenvalue weighted by Crippen LogP contribution is -2.30. The maximum atomic E-state index is 11.8. The second kappa shape index (κ2) is 10.5. The van der Waals surface area contributed by atoms with Crippen LogP contribution in [0, 0.1) is 5.41 Å². The number of carbonyl (C=O) groups is 2. The number of rotatable bonds is 8. The van der Waals surface area contributed by atoms with E-state index in [2.05, 4.69) is 0 Å². The molecule has 0 aliphatic carbocycles. The summed E-state index contributed by atoms with van der Waals surface area (Å²) >= 11 is 1.61. The third kappa shape index (κ3) is 6.32. The van der Waals surface area contributed by atoms with E-state index in [0.717, 1.165) is 26.5 Å². The molecule has 3 rings (SSSR count). The first kappa shape index (κ1) is 24.3. The lowest BCUT2D eigenvalue weighted by Gasteiger charge is -2.24. The van der Waals surface area contributed by atoms with Gasteiger partial charge in [-0.3, -0.25) is 4.79 Å². The number of carbonyl (C=O) groups excluding carboxylic acids is 2. The highest BCUT2D eigenvalue weighted by atomic mass is 32.2. The van der Waals surface area contributed by atoms with Crippen LogP contribution in [0.2, 0.25) is 0 Å². The van der Waals surface area contributed by atoms with Crippen molar-refractivity contribution >= 4 is 23.7 Å². The molecule has 2 aromatic rings. The molecule has 172 valence electrons. The molecular weight excluding hydrogens is 432 g/mol. The third-order valence-electron chi connectivity index (χ3n) is 4.75. The highest BCUT2D eigenvalue weighted by Gasteiger charge is 2.25. The summed E-state index contributed by atoms with van der Waals surface area (Å²) in [5.74, 6) is -1.07. The Morgan fingerprint density at radius 1 is 1.03 bits per heavy atom. The van der Waals surface area contributed by atoms with Gasteiger partial charge in [-0.1, -0.05) is 36.0 Å². The van der Waals surface area contributed by atoms with E-state index in [1.54, 1.807) is 32.5 Å². The first-order chi connectivity index (χ1) is 15.1. The Labute approximate surface area is 191 Å². The SMILES string of the molecule is CC(C)(C)C(=O)OCC(O)COC(=O)COCc1ccc2c(c1)C(O)c1ccccc1S2. The van der Waals surface area contributed by atoms with Gasteiger partial charge in [0, 0.05) is 9.79 Å². The van der Waals surface area contributed by atoms with Gasteiger partial charge in [0.1, 0.15) is 32.0 Å². The van der Waals surface area contributed by atoms with Gasteiger partial charge in [0.2, 0.25) is 0 Å². The molecule has 2 unspecified atom stereocenters. The first-order valence-electron chi connectivity index (χ1n) is 10.3. The van der Waals surface area contributed by atoms with Crippen molar-refractivity contribution in [2.45, 2.75) is 49.4 Å². The Kier molecular flexibility index (Phi) is 7.95. The molecule has 0 saturated heterocycles. The second-order valence-corrected chi connectivity index (χ2v) is 9.68. The molecule has 0 spiro atoms. The van der Waals surface area contributed by atoms with Crippen LogP contribution in [0.5, 0.6) is 0 Å². The van der Waals surface area contributed by atoms with Crippen LogP contribution in [-0.2, 0) is 30.4 Å². The van der Waals surface area contributed by atoms with Crippen molar-refractivity contribution in [2.24, 2.45) is 5.41 Å². The maximum Gasteiger partial charge on any atom is 0.332 e. The second-order valence-electron chi connectivity index (χ2n) is 8.59. The molecule has 7 nitrogen and oxygen atoms in total. The molecule has 0 radical (unpaired) electrons. The van der Waals surface area contributed by atoms with Crippen LogP contribution in [0.1, 0.15) is 43.6 Å². The number of hydrogen-bond acceptors (Lipinski definition) is 8. The van der Waals surface area contributed by atoms with Crippen molar-refractivity contribution in [2.75, 3.05) is 19.8 Å². The van der Waals surface area contributed by atoms with E-state index < -0.39 is 29.6 Å². The van der Waals surface area contributed by atoms with Gasteiger partial charge in [-0.25, -0.2) is 4.79 Å². The zero-order chi connectivity index (χ0) is 23.3. The predicted octanol–water partition coefficient (Wildman–Crippen LogP) is 3.24. The molecule has 2 aromatic carbocycles. The van der Waals surface area contributed by atoms with Gasteiger partial charge in [-0.2, -0.15) is 0 Å². The Morgan fingerprint density at radius 3 is 2.47 bits per heavy atom. The molecule has 1 heterocycles. The summed E-state index contributed by atoms with van der Waals surface area (Å²) in [6.45, 7) is 4.48. The summed E-state index contributed by atoms with van der Waals surface area (Å²) in [7, 11) is 0. The molecule has 8 heteroatoms. The molecule has 0 amide bonds. The summed E-state index contributed by atoms with van der Waals surface area (Å²) in [4.78, 5) is 25.5. The highest BCUT2D eigenvalue weighted by Crippen LogP contribution is 2.44. The minimum atomic E-state index is -1.10. The van der Waals surface area contributed by atoms with E-state index in [0.29, 0.717) is 0 Å². The first-order valence-corrected chi connectivity index (χ1v) is 11.1. The number of esters is 2. The van der Waals surface area contributed by atoms with Crippen LogP contribution in [0.3, 0.4) is 0 Å². The Hall–Kier alpha value is -2.39. The summed E-state index contributed by atoms with van der Waals surface area (Å²) in [5, 5.41) is 20.5. The highest BCUT2D eigenvalue weighted by molar-refractivity contribution is 7.99. The van der Waals surface area contributed by atoms with Crippen LogP contribution in [0.4, 0.5) is 0 Å². The Morgan fingerprint density at radius 2 is 1.72 bits per heavy atom. The van der Waals surface area contributed by atoms with Crippen LogP contribution in [-0.4, -0.2) is 48.1 Å². The average Bonchev–Trinajstić information content (AvgIpc) is 2.76. The van der Waals surface area contributed by atoms with Crippen LogP contribution < -0.4 is 0 Å². The van der Waals surface area contributed by atoms with Crippen molar-refractivity contribution in [1.82, 2.24) is 0 Å². The van der Waals surface area contributed by atoms with E-state index in [-0.39, 0.29) is 26.4 Å². The van der Waals surface area contributed by atoms with E-state index in [9.17, 15) is 19.8 Å². The maximum absolute atomic E-state index is 11.8. The topological polar surface area (TPSA) is 102 Å². The zero-order valence-electron chi connectivity index (χ0n) is 18.4. The number of aliphatic hydroxyl groups excluding tert-OH is 2. The molecule has 1 aliphatic rings. The summed E-state index contributed by atoms with van der Waals surface area (Å²) in [6, 6.07) is 13.5. The van der Waals surface area contributed by atoms with Gasteiger partial charge in [-0.15, -0.1) is 0 Å². The molecule has 32 heavy (non-hydrogen) atoms. The van der Waals surface area contributed by atoms with Crippen molar-refractivity contribution in [3.05, 3.63) is 59.2 Å². The Bertz CT molecular complexity index is 967. The summed E-state index contributed by atoms with van der Waals surface area (Å²) in [6.07, 6.45) is -1.81. The van der Waals surface area contributed by atoms with Crippen LogP contribution in [0.25, 0.3) is 0 Å². The largest absolute Gasteiger partial charge is 0.462 e. The number of ether oxygens (including phenoxy) is 3. The number of hydrogen-bond donors (Lipinski definition) is 2. The third-order valence-corrected chi connectivity index (χ3v) is 5.93. The smallest absolute Gasteiger partial charge is 0.332 e. The molecule has 0 aromatic heterocycles. The van der Waals surface area contributed by atoms with Gasteiger partial charge >= 0.3 is 11.9 Å². The zero-order valence-corrected chi connectivity index (χ0v) is 19.2. The lowest BCUT2D eigenvalue weighted by atomic mass is 9.97. The van der Waals surface area contributed by atoms with Crippen LogP contribution >= 0.6 is 11.8 Å². The number of benzene rings is 2. The molecule has 2 N–H and O–H groups in total. The van der Waals surface area contributed by atoms with Crippen molar-refractivity contribution in [3.8, 4) is 0 Å². The van der Waals surface area contributed by atoms with E-state index in [4.69, 9.17) is 14.2 Å². The molecule has 0 fully saturated rings. The fourth-order valence-corrected chi connectivity index (χ4v) is 4.10. The fraction of sp³-hybridized carbons (Fsp3) is 0.417. The fourth-order valence-electron chi connectivity index (χ4n) is 3.00. The standard InChI is InChI=1S/C24H28O7S/c1-24(2,3)23(28)31-13-16(25)12-30-21(26)14-29-11-15-8-9-20-18(10-15)22(27)17-6-4-5-7-19(17)32-20/h4-10,16,22,25,27H,11-14H2,1-3H3. The lowest BCUT2D eigenvalue weighted by molar-refractivity contribution is -0.160.